The Labute approximate surface area is 103 Å². The smallest absolute Gasteiger partial charge is 0.274 e. The minimum Gasteiger partial charge on any atom is -0.395 e. The number of hydrogen-bond acceptors (Lipinski definition) is 6. The van der Waals surface area contributed by atoms with Crippen molar-refractivity contribution >= 4 is 11.6 Å². The average molecular weight is 250 g/mol. The van der Waals surface area contributed by atoms with Gasteiger partial charge in [0.2, 0.25) is 6.39 Å². The van der Waals surface area contributed by atoms with E-state index in [0.29, 0.717) is 11.5 Å². The second-order valence-electron chi connectivity index (χ2n) is 4.08. The molecule has 1 amide bonds. The first-order valence-corrected chi connectivity index (χ1v) is 5.46. The molecule has 0 fully saturated rings. The van der Waals surface area contributed by atoms with Gasteiger partial charge in [0.15, 0.2) is 11.5 Å². The molecule has 0 saturated carbocycles. The number of hydrogen-bond donors (Lipinski definition) is 3. The van der Waals surface area contributed by atoms with Crippen LogP contribution in [0.3, 0.4) is 0 Å². The molecule has 2 rings (SSSR count). The number of nitrogen functional groups attached to an aromatic ring is 1. The predicted molar refractivity (Wildman–Crippen MR) is 62.6 cm³/mol. The predicted octanol–water partition coefficient (Wildman–Crippen LogP) is 0.428. The SMILES string of the molecule is CC(C)c1[nH]nc(C(=O)NCc2ncon2)c1N. The average Bonchev–Trinajstić information content (AvgIpc) is 2.94. The van der Waals surface area contributed by atoms with E-state index in [2.05, 4.69) is 30.2 Å². The van der Waals surface area contributed by atoms with Gasteiger partial charge in [0.05, 0.1) is 17.9 Å². The van der Waals surface area contributed by atoms with Crippen molar-refractivity contribution in [1.29, 1.82) is 0 Å². The zero-order chi connectivity index (χ0) is 13.1. The molecule has 0 aliphatic heterocycles. The van der Waals surface area contributed by atoms with Crippen LogP contribution in [0.2, 0.25) is 0 Å². The lowest BCUT2D eigenvalue weighted by Gasteiger charge is -2.03. The van der Waals surface area contributed by atoms with E-state index < -0.39 is 0 Å². The van der Waals surface area contributed by atoms with Crippen LogP contribution in [0.15, 0.2) is 10.9 Å². The molecule has 8 nitrogen and oxygen atoms in total. The van der Waals surface area contributed by atoms with Crippen molar-refractivity contribution in [3.05, 3.63) is 23.6 Å². The number of amides is 1. The minimum atomic E-state index is -0.375. The first kappa shape index (κ1) is 12.1. The lowest BCUT2D eigenvalue weighted by atomic mass is 10.1. The van der Waals surface area contributed by atoms with Gasteiger partial charge >= 0.3 is 0 Å². The van der Waals surface area contributed by atoms with Gasteiger partial charge in [-0.1, -0.05) is 19.0 Å². The molecule has 0 aliphatic rings. The summed E-state index contributed by atoms with van der Waals surface area (Å²) < 4.78 is 4.55. The van der Waals surface area contributed by atoms with Gasteiger partial charge in [-0.15, -0.1) is 0 Å². The molecule has 2 aromatic rings. The topological polar surface area (TPSA) is 123 Å². The lowest BCUT2D eigenvalue weighted by molar-refractivity contribution is 0.0945. The van der Waals surface area contributed by atoms with Crippen molar-refractivity contribution in [3.63, 3.8) is 0 Å². The maximum absolute atomic E-state index is 11.8. The monoisotopic (exact) mass is 250 g/mol. The summed E-state index contributed by atoms with van der Waals surface area (Å²) in [5, 5.41) is 12.9. The Bertz CT molecular complexity index is 531. The number of H-pyrrole nitrogens is 1. The molecule has 0 aromatic carbocycles. The Morgan fingerprint density at radius 3 is 2.94 bits per heavy atom. The van der Waals surface area contributed by atoms with E-state index in [1.165, 1.54) is 6.39 Å². The Morgan fingerprint density at radius 1 is 1.61 bits per heavy atom. The van der Waals surface area contributed by atoms with E-state index in [1.54, 1.807) is 0 Å². The first-order chi connectivity index (χ1) is 8.59. The highest BCUT2D eigenvalue weighted by molar-refractivity contribution is 5.97. The maximum Gasteiger partial charge on any atom is 0.274 e. The normalized spacial score (nSPS) is 10.8. The van der Waals surface area contributed by atoms with Crippen LogP contribution >= 0.6 is 0 Å². The second-order valence-corrected chi connectivity index (χ2v) is 4.08. The molecule has 2 heterocycles. The zero-order valence-electron chi connectivity index (χ0n) is 10.1. The van der Waals surface area contributed by atoms with Gasteiger partial charge in [-0.3, -0.25) is 9.89 Å². The molecule has 8 heteroatoms. The van der Waals surface area contributed by atoms with Gasteiger partial charge in [0, 0.05) is 0 Å². The summed E-state index contributed by atoms with van der Waals surface area (Å²) in [6.45, 7) is 4.09. The molecule has 0 atom stereocenters. The second kappa shape index (κ2) is 4.86. The van der Waals surface area contributed by atoms with Crippen LogP contribution in [0.1, 0.15) is 41.8 Å². The fourth-order valence-electron chi connectivity index (χ4n) is 1.49. The molecule has 18 heavy (non-hydrogen) atoms. The molecule has 0 saturated heterocycles. The Kier molecular flexibility index (Phi) is 3.26. The summed E-state index contributed by atoms with van der Waals surface area (Å²) in [6.07, 6.45) is 1.20. The molecular formula is C10H14N6O2. The van der Waals surface area contributed by atoms with Gasteiger partial charge in [0.25, 0.3) is 5.91 Å². The number of rotatable bonds is 4. The molecule has 0 bridgehead atoms. The van der Waals surface area contributed by atoms with Gasteiger partial charge in [-0.25, -0.2) is 0 Å². The lowest BCUT2D eigenvalue weighted by Crippen LogP contribution is -2.24. The largest absolute Gasteiger partial charge is 0.395 e. The van der Waals surface area contributed by atoms with Crippen LogP contribution in [0.25, 0.3) is 0 Å². The van der Waals surface area contributed by atoms with Crippen LogP contribution < -0.4 is 11.1 Å². The van der Waals surface area contributed by atoms with E-state index in [9.17, 15) is 4.79 Å². The number of aromatic nitrogens is 4. The van der Waals surface area contributed by atoms with E-state index in [1.807, 2.05) is 13.8 Å². The summed E-state index contributed by atoms with van der Waals surface area (Å²) >= 11 is 0. The molecule has 96 valence electrons. The number of nitrogens with one attached hydrogen (secondary N) is 2. The van der Waals surface area contributed by atoms with Crippen LogP contribution in [-0.4, -0.2) is 26.2 Å². The van der Waals surface area contributed by atoms with Gasteiger partial charge < -0.3 is 15.6 Å². The standard InChI is InChI=1S/C10H14N6O2/c1-5(2)8-7(11)9(15-14-8)10(17)12-3-6-13-4-18-16-6/h4-5H,3,11H2,1-2H3,(H,12,17)(H,14,15). The van der Waals surface area contributed by atoms with Gasteiger partial charge in [-0.2, -0.15) is 10.1 Å². The fraction of sp³-hybridized carbons (Fsp3) is 0.400. The van der Waals surface area contributed by atoms with Crippen LogP contribution in [0, 0.1) is 0 Å². The first-order valence-electron chi connectivity index (χ1n) is 5.46. The van der Waals surface area contributed by atoms with E-state index >= 15 is 0 Å². The summed E-state index contributed by atoms with van der Waals surface area (Å²) in [6, 6.07) is 0. The molecule has 0 radical (unpaired) electrons. The highest BCUT2D eigenvalue weighted by Crippen LogP contribution is 2.21. The molecule has 0 aliphatic carbocycles. The van der Waals surface area contributed by atoms with Crippen molar-refractivity contribution in [2.45, 2.75) is 26.3 Å². The highest BCUT2D eigenvalue weighted by atomic mass is 16.5. The summed E-state index contributed by atoms with van der Waals surface area (Å²) in [5.74, 6) is 0.193. The highest BCUT2D eigenvalue weighted by Gasteiger charge is 2.18. The van der Waals surface area contributed by atoms with Crippen molar-refractivity contribution in [3.8, 4) is 0 Å². The molecule has 0 spiro atoms. The zero-order valence-corrected chi connectivity index (χ0v) is 10.1. The Morgan fingerprint density at radius 2 is 2.39 bits per heavy atom. The third-order valence-corrected chi connectivity index (χ3v) is 2.44. The third kappa shape index (κ3) is 2.31. The van der Waals surface area contributed by atoms with Crippen molar-refractivity contribution in [2.75, 3.05) is 5.73 Å². The number of anilines is 1. The van der Waals surface area contributed by atoms with Crippen LogP contribution in [-0.2, 0) is 6.54 Å². The van der Waals surface area contributed by atoms with Crippen LogP contribution in [0.4, 0.5) is 5.69 Å². The molecule has 0 unspecified atom stereocenters. The fourth-order valence-corrected chi connectivity index (χ4v) is 1.49. The van der Waals surface area contributed by atoms with Crippen molar-refractivity contribution < 1.29 is 9.32 Å². The Hall–Kier alpha value is -2.38. The number of carbonyl (C=O) groups is 1. The number of nitrogens with two attached hydrogens (primary N) is 1. The maximum atomic E-state index is 11.8. The molecule has 2 aromatic heterocycles. The third-order valence-electron chi connectivity index (χ3n) is 2.44. The van der Waals surface area contributed by atoms with Crippen LogP contribution in [0.5, 0.6) is 0 Å². The van der Waals surface area contributed by atoms with Gasteiger partial charge in [0.1, 0.15) is 0 Å². The quantitative estimate of drug-likeness (QED) is 0.723. The molecule has 4 N–H and O–H groups in total. The van der Waals surface area contributed by atoms with Gasteiger partial charge in [-0.05, 0) is 5.92 Å². The summed E-state index contributed by atoms with van der Waals surface area (Å²) in [4.78, 5) is 15.6. The Balaban J connectivity index is 2.05. The number of carbonyl (C=O) groups excluding carboxylic acids is 1. The van der Waals surface area contributed by atoms with E-state index in [4.69, 9.17) is 5.73 Å². The van der Waals surface area contributed by atoms with E-state index in [0.717, 1.165) is 5.69 Å². The summed E-state index contributed by atoms with van der Waals surface area (Å²) in [5.41, 5.74) is 7.15. The number of nitrogens with zero attached hydrogens (tertiary/aromatic N) is 3. The van der Waals surface area contributed by atoms with Crippen molar-refractivity contribution in [2.24, 2.45) is 0 Å². The van der Waals surface area contributed by atoms with E-state index in [-0.39, 0.29) is 24.1 Å². The molecular weight excluding hydrogens is 236 g/mol. The minimum absolute atomic E-state index is 0.165. The number of aromatic amines is 1. The van der Waals surface area contributed by atoms with Crippen molar-refractivity contribution in [1.82, 2.24) is 25.7 Å². The summed E-state index contributed by atoms with van der Waals surface area (Å²) in [7, 11) is 0.